The molecule has 20 heavy (non-hydrogen) atoms. The van der Waals surface area contributed by atoms with Crippen LogP contribution in [0.25, 0.3) is 0 Å². The fraction of sp³-hybridized carbons (Fsp3) is 0.562. The van der Waals surface area contributed by atoms with Gasteiger partial charge in [0.25, 0.3) is 5.91 Å². The van der Waals surface area contributed by atoms with Crippen molar-refractivity contribution in [1.82, 2.24) is 5.32 Å². The molecule has 1 amide bonds. The molecule has 0 spiro atoms. The number of anilines is 1. The van der Waals surface area contributed by atoms with E-state index in [1.807, 2.05) is 18.2 Å². The van der Waals surface area contributed by atoms with Gasteiger partial charge < -0.3 is 15.7 Å². The van der Waals surface area contributed by atoms with Crippen LogP contribution in [0.3, 0.4) is 0 Å². The molecule has 3 N–H and O–H groups in total. The van der Waals surface area contributed by atoms with Gasteiger partial charge in [-0.3, -0.25) is 4.79 Å². The van der Waals surface area contributed by atoms with Gasteiger partial charge in [-0.05, 0) is 49.4 Å². The maximum absolute atomic E-state index is 12.0. The molecule has 1 aliphatic heterocycles. The molecule has 0 fully saturated rings. The number of hydrogen-bond donors (Lipinski definition) is 3. The van der Waals surface area contributed by atoms with Crippen LogP contribution in [0.2, 0.25) is 0 Å². The predicted molar refractivity (Wildman–Crippen MR) is 81.1 cm³/mol. The number of benzene rings is 1. The van der Waals surface area contributed by atoms with Crippen LogP contribution in [-0.4, -0.2) is 30.7 Å². The molecule has 0 bridgehead atoms. The standard InChI is InChI=1S/C16H24N2O2/c19-11-4-2-1-3-9-18-16(20)14-7-8-15-13(12-14)6-5-10-17-15/h7-8,12,17,19H,1-6,9-11H2,(H,18,20). The van der Waals surface area contributed by atoms with E-state index < -0.39 is 0 Å². The minimum absolute atomic E-state index is 0.0144. The molecule has 1 heterocycles. The van der Waals surface area contributed by atoms with Crippen LogP contribution in [0.15, 0.2) is 18.2 Å². The Hall–Kier alpha value is -1.55. The summed E-state index contributed by atoms with van der Waals surface area (Å²) in [6.45, 7) is 1.99. The number of amides is 1. The SMILES string of the molecule is O=C(NCCCCCCO)c1ccc2c(c1)CCCN2. The second-order valence-corrected chi connectivity index (χ2v) is 5.30. The Morgan fingerprint density at radius 1 is 1.25 bits per heavy atom. The van der Waals surface area contributed by atoms with Gasteiger partial charge in [-0.15, -0.1) is 0 Å². The van der Waals surface area contributed by atoms with Crippen molar-refractivity contribution in [1.29, 1.82) is 0 Å². The quantitative estimate of drug-likeness (QED) is 0.670. The summed E-state index contributed by atoms with van der Waals surface area (Å²) in [7, 11) is 0. The van der Waals surface area contributed by atoms with E-state index in [1.165, 1.54) is 5.56 Å². The average Bonchev–Trinajstić information content (AvgIpc) is 2.50. The number of aliphatic hydroxyl groups excluding tert-OH is 1. The maximum Gasteiger partial charge on any atom is 0.251 e. The van der Waals surface area contributed by atoms with Crippen molar-refractivity contribution in [3.05, 3.63) is 29.3 Å². The highest BCUT2D eigenvalue weighted by atomic mass is 16.2. The van der Waals surface area contributed by atoms with Crippen LogP contribution in [0.1, 0.15) is 48.0 Å². The van der Waals surface area contributed by atoms with E-state index in [1.54, 1.807) is 0 Å². The van der Waals surface area contributed by atoms with Crippen molar-refractivity contribution in [3.63, 3.8) is 0 Å². The number of aryl methyl sites for hydroxylation is 1. The molecule has 1 aromatic rings. The Labute approximate surface area is 120 Å². The zero-order chi connectivity index (χ0) is 14.2. The van der Waals surface area contributed by atoms with E-state index in [-0.39, 0.29) is 12.5 Å². The van der Waals surface area contributed by atoms with Gasteiger partial charge in [0.2, 0.25) is 0 Å². The minimum atomic E-state index is 0.0144. The number of hydrogen-bond acceptors (Lipinski definition) is 3. The Kier molecular flexibility index (Phi) is 5.87. The van der Waals surface area contributed by atoms with Crippen molar-refractivity contribution in [2.75, 3.05) is 25.0 Å². The lowest BCUT2D eigenvalue weighted by molar-refractivity contribution is 0.0952. The van der Waals surface area contributed by atoms with Crippen molar-refractivity contribution in [2.45, 2.75) is 38.5 Å². The second-order valence-electron chi connectivity index (χ2n) is 5.30. The minimum Gasteiger partial charge on any atom is -0.396 e. The first kappa shape index (κ1) is 14.9. The Morgan fingerprint density at radius 3 is 2.95 bits per heavy atom. The van der Waals surface area contributed by atoms with E-state index in [9.17, 15) is 4.79 Å². The molecule has 4 heteroatoms. The number of rotatable bonds is 7. The molecule has 110 valence electrons. The summed E-state index contributed by atoms with van der Waals surface area (Å²) >= 11 is 0. The Bertz CT molecular complexity index is 446. The van der Waals surface area contributed by atoms with E-state index in [0.717, 1.165) is 56.3 Å². The molecular formula is C16H24N2O2. The Morgan fingerprint density at radius 2 is 2.10 bits per heavy atom. The summed E-state index contributed by atoms with van der Waals surface area (Å²) in [5.74, 6) is 0.0144. The summed E-state index contributed by atoms with van der Waals surface area (Å²) in [5.41, 5.74) is 3.16. The van der Waals surface area contributed by atoms with Crippen LogP contribution in [0.5, 0.6) is 0 Å². The lowest BCUT2D eigenvalue weighted by Gasteiger charge is -2.18. The van der Waals surface area contributed by atoms with Crippen molar-refractivity contribution < 1.29 is 9.90 Å². The van der Waals surface area contributed by atoms with Gasteiger partial charge in [0.1, 0.15) is 0 Å². The highest BCUT2D eigenvalue weighted by Gasteiger charge is 2.11. The van der Waals surface area contributed by atoms with Crippen LogP contribution in [-0.2, 0) is 6.42 Å². The molecule has 0 saturated carbocycles. The lowest BCUT2D eigenvalue weighted by Crippen LogP contribution is -2.25. The first-order chi connectivity index (χ1) is 9.81. The monoisotopic (exact) mass is 276 g/mol. The molecule has 1 aliphatic rings. The second kappa shape index (κ2) is 7.90. The topological polar surface area (TPSA) is 61.4 Å². The van der Waals surface area contributed by atoms with Crippen molar-refractivity contribution >= 4 is 11.6 Å². The number of fused-ring (bicyclic) bond motifs is 1. The summed E-state index contributed by atoms with van der Waals surface area (Å²) in [6, 6.07) is 5.89. The third-order valence-electron chi connectivity index (χ3n) is 3.68. The molecule has 0 aliphatic carbocycles. The van der Waals surface area contributed by atoms with Crippen LogP contribution >= 0.6 is 0 Å². The van der Waals surface area contributed by atoms with Gasteiger partial charge in [0.05, 0.1) is 0 Å². The number of carbonyl (C=O) groups is 1. The molecule has 2 rings (SSSR count). The largest absolute Gasteiger partial charge is 0.396 e. The van der Waals surface area contributed by atoms with Crippen molar-refractivity contribution in [3.8, 4) is 0 Å². The molecule has 1 aromatic carbocycles. The fourth-order valence-corrected chi connectivity index (χ4v) is 2.51. The van der Waals surface area contributed by atoms with Gasteiger partial charge in [-0.1, -0.05) is 12.8 Å². The zero-order valence-corrected chi connectivity index (χ0v) is 12.0. The highest BCUT2D eigenvalue weighted by Crippen LogP contribution is 2.22. The summed E-state index contributed by atoms with van der Waals surface area (Å²) < 4.78 is 0. The zero-order valence-electron chi connectivity index (χ0n) is 12.0. The molecule has 0 saturated heterocycles. The summed E-state index contributed by atoms with van der Waals surface area (Å²) in [4.78, 5) is 12.0. The van der Waals surface area contributed by atoms with E-state index in [4.69, 9.17) is 5.11 Å². The fourth-order valence-electron chi connectivity index (χ4n) is 2.51. The van der Waals surface area contributed by atoms with Crippen LogP contribution in [0, 0.1) is 0 Å². The van der Waals surface area contributed by atoms with Gasteiger partial charge in [0, 0.05) is 30.9 Å². The number of aliphatic hydroxyl groups is 1. The molecular weight excluding hydrogens is 252 g/mol. The first-order valence-corrected chi connectivity index (χ1v) is 7.57. The molecule has 0 aromatic heterocycles. The number of nitrogens with one attached hydrogen (secondary N) is 2. The summed E-state index contributed by atoms with van der Waals surface area (Å²) in [5, 5.41) is 15.0. The van der Waals surface area contributed by atoms with Gasteiger partial charge in [-0.2, -0.15) is 0 Å². The third kappa shape index (κ3) is 4.23. The van der Waals surface area contributed by atoms with Gasteiger partial charge >= 0.3 is 0 Å². The summed E-state index contributed by atoms with van der Waals surface area (Å²) in [6.07, 6.45) is 6.07. The molecule has 4 nitrogen and oxygen atoms in total. The van der Waals surface area contributed by atoms with E-state index in [2.05, 4.69) is 10.6 Å². The van der Waals surface area contributed by atoms with E-state index in [0.29, 0.717) is 6.54 Å². The molecule has 0 radical (unpaired) electrons. The van der Waals surface area contributed by atoms with Crippen LogP contribution < -0.4 is 10.6 Å². The van der Waals surface area contributed by atoms with Crippen LogP contribution in [0.4, 0.5) is 5.69 Å². The number of unbranched alkanes of at least 4 members (excludes halogenated alkanes) is 3. The smallest absolute Gasteiger partial charge is 0.251 e. The van der Waals surface area contributed by atoms with Gasteiger partial charge in [0.15, 0.2) is 0 Å². The van der Waals surface area contributed by atoms with Crippen molar-refractivity contribution in [2.24, 2.45) is 0 Å². The normalized spacial score (nSPS) is 13.4. The van der Waals surface area contributed by atoms with Gasteiger partial charge in [-0.25, -0.2) is 0 Å². The predicted octanol–water partition coefficient (Wildman–Crippen LogP) is 2.33. The Balaban J connectivity index is 1.77. The third-order valence-corrected chi connectivity index (χ3v) is 3.68. The lowest BCUT2D eigenvalue weighted by atomic mass is 10.0. The molecule has 0 atom stereocenters. The molecule has 0 unspecified atom stereocenters. The highest BCUT2D eigenvalue weighted by molar-refractivity contribution is 5.94. The number of carbonyl (C=O) groups excluding carboxylic acids is 1. The first-order valence-electron chi connectivity index (χ1n) is 7.57. The maximum atomic E-state index is 12.0. The van der Waals surface area contributed by atoms with E-state index >= 15 is 0 Å². The average molecular weight is 276 g/mol.